The first kappa shape index (κ1) is 29.8. The molecule has 0 bridgehead atoms. The highest BCUT2D eigenvalue weighted by molar-refractivity contribution is 5.94. The molecule has 9 heteroatoms. The molecule has 0 fully saturated rings. The monoisotopic (exact) mass is 456 g/mol. The molecule has 32 heavy (non-hydrogen) atoms. The molecule has 0 saturated heterocycles. The summed E-state index contributed by atoms with van der Waals surface area (Å²) >= 11 is 0. The van der Waals surface area contributed by atoms with Gasteiger partial charge < -0.3 is 26.8 Å². The molecule has 4 atom stereocenters. The summed E-state index contributed by atoms with van der Waals surface area (Å²) in [6, 6.07) is -3.55. The van der Waals surface area contributed by atoms with Crippen molar-refractivity contribution in [2.24, 2.45) is 29.4 Å². The van der Waals surface area contributed by atoms with Crippen molar-refractivity contribution in [2.45, 2.75) is 98.8 Å². The van der Waals surface area contributed by atoms with Crippen molar-refractivity contribution < 1.29 is 24.3 Å². The van der Waals surface area contributed by atoms with Gasteiger partial charge >= 0.3 is 5.97 Å². The first-order valence-corrected chi connectivity index (χ1v) is 11.5. The Morgan fingerprint density at radius 3 is 1.50 bits per heavy atom. The van der Waals surface area contributed by atoms with Crippen molar-refractivity contribution in [3.63, 3.8) is 0 Å². The average molecular weight is 457 g/mol. The fourth-order valence-corrected chi connectivity index (χ4v) is 3.34. The van der Waals surface area contributed by atoms with Crippen LogP contribution in [0.4, 0.5) is 0 Å². The third-order valence-corrected chi connectivity index (χ3v) is 4.97. The van der Waals surface area contributed by atoms with Crippen LogP contribution >= 0.6 is 0 Å². The topological polar surface area (TPSA) is 151 Å². The molecule has 0 rings (SSSR count). The van der Waals surface area contributed by atoms with Gasteiger partial charge in [-0.1, -0.05) is 55.4 Å². The van der Waals surface area contributed by atoms with Crippen LogP contribution in [0.1, 0.15) is 74.7 Å². The zero-order valence-corrected chi connectivity index (χ0v) is 20.9. The molecule has 9 nitrogen and oxygen atoms in total. The summed E-state index contributed by atoms with van der Waals surface area (Å²) < 4.78 is 0. The molecule has 6 N–H and O–H groups in total. The Kier molecular flexibility index (Phi) is 13.1. The average Bonchev–Trinajstić information content (AvgIpc) is 2.62. The van der Waals surface area contributed by atoms with E-state index in [2.05, 4.69) is 16.0 Å². The van der Waals surface area contributed by atoms with Crippen LogP contribution in [0.2, 0.25) is 0 Å². The predicted molar refractivity (Wildman–Crippen MR) is 125 cm³/mol. The highest BCUT2D eigenvalue weighted by Gasteiger charge is 2.32. The third kappa shape index (κ3) is 11.5. The minimum Gasteiger partial charge on any atom is -0.480 e. The lowest BCUT2D eigenvalue weighted by Gasteiger charge is -2.28. The lowest BCUT2D eigenvalue weighted by Crippen LogP contribution is -2.58. The van der Waals surface area contributed by atoms with E-state index in [1.807, 2.05) is 41.5 Å². The van der Waals surface area contributed by atoms with Gasteiger partial charge in [0.1, 0.15) is 18.1 Å². The number of nitrogens with two attached hydrogens (primary N) is 1. The minimum atomic E-state index is -1.12. The van der Waals surface area contributed by atoms with E-state index in [1.165, 1.54) is 0 Å². The largest absolute Gasteiger partial charge is 0.480 e. The first-order valence-electron chi connectivity index (χ1n) is 11.5. The number of amides is 3. The summed E-state index contributed by atoms with van der Waals surface area (Å²) in [6.07, 6.45) is 1.10. The number of carbonyl (C=O) groups excluding carboxylic acids is 3. The summed E-state index contributed by atoms with van der Waals surface area (Å²) in [5, 5.41) is 17.4. The lowest BCUT2D eigenvalue weighted by molar-refractivity contribution is -0.143. The number of rotatable bonds is 14. The van der Waals surface area contributed by atoms with Gasteiger partial charge in [0.25, 0.3) is 0 Å². The van der Waals surface area contributed by atoms with Gasteiger partial charge in [0.2, 0.25) is 17.7 Å². The van der Waals surface area contributed by atoms with E-state index in [4.69, 9.17) is 5.73 Å². The smallest absolute Gasteiger partial charge is 0.326 e. The molecule has 3 amide bonds. The molecule has 0 aliphatic carbocycles. The normalized spacial score (nSPS) is 15.4. The van der Waals surface area contributed by atoms with E-state index in [9.17, 15) is 24.3 Å². The Hall–Kier alpha value is -2.16. The van der Waals surface area contributed by atoms with Gasteiger partial charge in [-0.05, 0) is 42.9 Å². The number of carboxylic acids is 1. The second-order valence-corrected chi connectivity index (χ2v) is 10.2. The van der Waals surface area contributed by atoms with E-state index in [1.54, 1.807) is 13.8 Å². The molecule has 0 aliphatic rings. The van der Waals surface area contributed by atoms with Gasteiger partial charge in [-0.3, -0.25) is 14.4 Å². The number of aliphatic carboxylic acids is 1. The van der Waals surface area contributed by atoms with Crippen molar-refractivity contribution in [3.8, 4) is 0 Å². The number of carbonyl (C=O) groups is 4. The van der Waals surface area contributed by atoms with Crippen LogP contribution in [0.3, 0.4) is 0 Å². The van der Waals surface area contributed by atoms with E-state index < -0.39 is 47.9 Å². The molecular weight excluding hydrogens is 412 g/mol. The zero-order chi connectivity index (χ0) is 25.2. The molecule has 0 spiro atoms. The van der Waals surface area contributed by atoms with Gasteiger partial charge in [-0.25, -0.2) is 4.79 Å². The maximum Gasteiger partial charge on any atom is 0.326 e. The highest BCUT2D eigenvalue weighted by atomic mass is 16.4. The molecule has 0 aromatic carbocycles. The van der Waals surface area contributed by atoms with Crippen LogP contribution in [-0.4, -0.2) is 53.0 Å². The molecule has 4 unspecified atom stereocenters. The van der Waals surface area contributed by atoms with E-state index in [-0.39, 0.29) is 30.1 Å². The predicted octanol–water partition coefficient (Wildman–Crippen LogP) is 1.65. The quantitative estimate of drug-likeness (QED) is 0.268. The summed E-state index contributed by atoms with van der Waals surface area (Å²) in [6.45, 7) is 15.0. The highest BCUT2D eigenvalue weighted by Crippen LogP contribution is 2.11. The van der Waals surface area contributed by atoms with Crippen molar-refractivity contribution in [3.05, 3.63) is 0 Å². The second kappa shape index (κ2) is 14.1. The maximum atomic E-state index is 13.0. The molecule has 186 valence electrons. The SMILES string of the molecule is CC(C)CC(N)C(=O)NC(C(=O)NC(CC(C)C)C(=O)NC(CC(C)C)C(=O)O)C(C)C. The second-order valence-electron chi connectivity index (χ2n) is 10.2. The molecule has 0 aliphatic heterocycles. The summed E-state index contributed by atoms with van der Waals surface area (Å²) in [5.74, 6) is -2.44. The lowest BCUT2D eigenvalue weighted by atomic mass is 9.98. The van der Waals surface area contributed by atoms with Crippen LogP contribution < -0.4 is 21.7 Å². The molecule has 0 heterocycles. The van der Waals surface area contributed by atoms with Crippen LogP contribution in [0.25, 0.3) is 0 Å². The Bertz CT molecular complexity index is 634. The van der Waals surface area contributed by atoms with Gasteiger partial charge in [0.05, 0.1) is 6.04 Å². The van der Waals surface area contributed by atoms with E-state index in [0.29, 0.717) is 12.8 Å². The van der Waals surface area contributed by atoms with E-state index >= 15 is 0 Å². The fourth-order valence-electron chi connectivity index (χ4n) is 3.34. The molecular formula is C23H44N4O5. The Morgan fingerprint density at radius 2 is 1.09 bits per heavy atom. The van der Waals surface area contributed by atoms with Crippen LogP contribution in [0, 0.1) is 23.7 Å². The van der Waals surface area contributed by atoms with Gasteiger partial charge in [-0.15, -0.1) is 0 Å². The number of carboxylic acid groups (broad SMARTS) is 1. The Labute approximate surface area is 192 Å². The van der Waals surface area contributed by atoms with Crippen LogP contribution in [-0.2, 0) is 19.2 Å². The summed E-state index contributed by atoms with van der Waals surface area (Å²) in [4.78, 5) is 49.8. The van der Waals surface area contributed by atoms with E-state index in [0.717, 1.165) is 0 Å². The summed E-state index contributed by atoms with van der Waals surface area (Å²) in [7, 11) is 0. The minimum absolute atomic E-state index is 0.0742. The van der Waals surface area contributed by atoms with Crippen LogP contribution in [0.15, 0.2) is 0 Å². The maximum absolute atomic E-state index is 13.0. The molecule has 0 aromatic heterocycles. The zero-order valence-electron chi connectivity index (χ0n) is 20.9. The van der Waals surface area contributed by atoms with Crippen LogP contribution in [0.5, 0.6) is 0 Å². The standard InChI is InChI=1S/C23H44N4O5/c1-12(2)9-16(24)20(28)27-19(15(7)8)22(30)25-17(10-13(3)4)21(29)26-18(23(31)32)11-14(5)6/h12-19H,9-11,24H2,1-8H3,(H,25,30)(H,26,29)(H,27,28)(H,31,32). The molecule has 0 radical (unpaired) electrons. The Morgan fingerprint density at radius 1 is 0.656 bits per heavy atom. The van der Waals surface area contributed by atoms with Gasteiger partial charge in [-0.2, -0.15) is 0 Å². The van der Waals surface area contributed by atoms with Crippen molar-refractivity contribution in [2.75, 3.05) is 0 Å². The molecule has 0 aromatic rings. The summed E-state index contributed by atoms with van der Waals surface area (Å²) in [5.41, 5.74) is 5.94. The van der Waals surface area contributed by atoms with Gasteiger partial charge in [0, 0.05) is 0 Å². The third-order valence-electron chi connectivity index (χ3n) is 4.97. The Balaban J connectivity index is 5.42. The molecule has 0 saturated carbocycles. The van der Waals surface area contributed by atoms with Crippen molar-refractivity contribution in [1.29, 1.82) is 0 Å². The fraction of sp³-hybridized carbons (Fsp3) is 0.826. The number of hydrogen-bond acceptors (Lipinski definition) is 5. The van der Waals surface area contributed by atoms with Crippen molar-refractivity contribution in [1.82, 2.24) is 16.0 Å². The first-order chi connectivity index (χ1) is 14.6. The van der Waals surface area contributed by atoms with Crippen molar-refractivity contribution >= 4 is 23.7 Å². The number of nitrogens with one attached hydrogen (secondary N) is 3. The number of hydrogen-bond donors (Lipinski definition) is 5. The van der Waals surface area contributed by atoms with Gasteiger partial charge in [0.15, 0.2) is 0 Å².